The lowest BCUT2D eigenvalue weighted by atomic mass is 10.2. The molecule has 6 nitrogen and oxygen atoms in total. The van der Waals surface area contributed by atoms with E-state index in [1.807, 2.05) is 13.8 Å². The number of hydrogen-bond donors (Lipinski definition) is 2. The zero-order valence-corrected chi connectivity index (χ0v) is 11.3. The third-order valence-corrected chi connectivity index (χ3v) is 3.02. The first-order chi connectivity index (χ1) is 9.63. The van der Waals surface area contributed by atoms with Gasteiger partial charge in [0.05, 0.1) is 0 Å². The van der Waals surface area contributed by atoms with E-state index in [0.717, 1.165) is 11.5 Å². The topological polar surface area (TPSA) is 76.2 Å². The third-order valence-electron chi connectivity index (χ3n) is 3.02. The number of nitrogens with one attached hydrogen (secondary N) is 2. The standard InChI is InChI=1S/C14H15N3O3/c1-8-13(16-9(2)15-8)14(18)17-10-3-4-11-12(7-10)20-6-5-19-11/h3-4,7H,5-6H2,1-2H3,(H,15,16)(H,17,18). The second kappa shape index (κ2) is 4.88. The third kappa shape index (κ3) is 2.32. The van der Waals surface area contributed by atoms with E-state index < -0.39 is 0 Å². The molecule has 0 saturated heterocycles. The lowest BCUT2D eigenvalue weighted by Gasteiger charge is -2.18. The number of hydrogen-bond acceptors (Lipinski definition) is 4. The summed E-state index contributed by atoms with van der Waals surface area (Å²) < 4.78 is 10.9. The average Bonchev–Trinajstić information content (AvgIpc) is 2.78. The molecule has 0 atom stereocenters. The molecule has 2 N–H and O–H groups in total. The van der Waals surface area contributed by atoms with Gasteiger partial charge in [-0.25, -0.2) is 4.98 Å². The molecular weight excluding hydrogens is 258 g/mol. The van der Waals surface area contributed by atoms with Gasteiger partial charge in [-0.3, -0.25) is 4.79 Å². The molecule has 1 aliphatic heterocycles. The molecule has 6 heteroatoms. The number of aromatic amines is 1. The molecule has 0 fully saturated rings. The highest BCUT2D eigenvalue weighted by molar-refractivity contribution is 6.03. The summed E-state index contributed by atoms with van der Waals surface area (Å²) in [5.74, 6) is 1.81. The molecular formula is C14H15N3O3. The van der Waals surface area contributed by atoms with E-state index in [0.29, 0.717) is 36.1 Å². The van der Waals surface area contributed by atoms with Crippen LogP contribution in [0, 0.1) is 13.8 Å². The molecule has 1 aromatic heterocycles. The molecule has 0 radical (unpaired) electrons. The number of imidazole rings is 1. The predicted octanol–water partition coefficient (Wildman–Crippen LogP) is 2.05. The molecule has 104 valence electrons. The molecule has 0 unspecified atom stereocenters. The molecule has 0 bridgehead atoms. The van der Waals surface area contributed by atoms with Crippen molar-refractivity contribution in [1.82, 2.24) is 9.97 Å². The quantitative estimate of drug-likeness (QED) is 0.878. The molecule has 0 spiro atoms. The van der Waals surface area contributed by atoms with Crippen LogP contribution in [0.5, 0.6) is 11.5 Å². The lowest BCUT2D eigenvalue weighted by molar-refractivity contribution is 0.102. The molecule has 3 rings (SSSR count). The summed E-state index contributed by atoms with van der Waals surface area (Å²) in [6, 6.07) is 5.31. The Balaban J connectivity index is 1.81. The summed E-state index contributed by atoms with van der Waals surface area (Å²) in [5.41, 5.74) is 1.80. The molecule has 2 aromatic rings. The van der Waals surface area contributed by atoms with E-state index in [2.05, 4.69) is 15.3 Å². The van der Waals surface area contributed by atoms with Gasteiger partial charge in [0.2, 0.25) is 0 Å². The van der Waals surface area contributed by atoms with Gasteiger partial charge >= 0.3 is 0 Å². The predicted molar refractivity (Wildman–Crippen MR) is 73.4 cm³/mol. The first-order valence-electron chi connectivity index (χ1n) is 6.37. The lowest BCUT2D eigenvalue weighted by Crippen LogP contribution is -2.17. The maximum absolute atomic E-state index is 12.2. The Morgan fingerprint density at radius 2 is 2.00 bits per heavy atom. The summed E-state index contributed by atoms with van der Waals surface area (Å²) in [4.78, 5) is 19.3. The van der Waals surface area contributed by atoms with Gasteiger partial charge in [-0.15, -0.1) is 0 Å². The van der Waals surface area contributed by atoms with Crippen molar-refractivity contribution < 1.29 is 14.3 Å². The normalized spacial score (nSPS) is 13.1. The Labute approximate surface area is 116 Å². The van der Waals surface area contributed by atoms with Crippen LogP contribution in [0.25, 0.3) is 0 Å². The van der Waals surface area contributed by atoms with Crippen LogP contribution in [0.2, 0.25) is 0 Å². The molecule has 0 aliphatic carbocycles. The van der Waals surface area contributed by atoms with Gasteiger partial charge in [-0.1, -0.05) is 0 Å². The van der Waals surface area contributed by atoms with Gasteiger partial charge in [0.1, 0.15) is 24.7 Å². The summed E-state index contributed by atoms with van der Waals surface area (Å²) in [7, 11) is 0. The summed E-state index contributed by atoms with van der Waals surface area (Å²) >= 11 is 0. The van der Waals surface area contributed by atoms with Gasteiger partial charge in [-0.2, -0.15) is 0 Å². The number of anilines is 1. The minimum absolute atomic E-state index is 0.247. The fraction of sp³-hybridized carbons (Fsp3) is 0.286. The number of rotatable bonds is 2. The second-order valence-electron chi connectivity index (χ2n) is 4.61. The fourth-order valence-corrected chi connectivity index (χ4v) is 2.14. The number of carbonyl (C=O) groups is 1. The SMILES string of the molecule is Cc1nc(C(=O)Nc2ccc3c(c2)OCCO3)c(C)[nH]1. The van der Waals surface area contributed by atoms with Gasteiger partial charge in [0.25, 0.3) is 5.91 Å². The summed E-state index contributed by atoms with van der Waals surface area (Å²) in [5, 5.41) is 2.81. The minimum Gasteiger partial charge on any atom is -0.486 e. The fourth-order valence-electron chi connectivity index (χ4n) is 2.14. The molecule has 0 saturated carbocycles. The Kier molecular flexibility index (Phi) is 3.06. The molecule has 1 amide bonds. The molecule has 1 aliphatic rings. The Hall–Kier alpha value is -2.50. The van der Waals surface area contributed by atoms with E-state index in [9.17, 15) is 4.79 Å². The maximum atomic E-state index is 12.2. The number of benzene rings is 1. The number of nitrogens with zero attached hydrogens (tertiary/aromatic N) is 1. The van der Waals surface area contributed by atoms with Gasteiger partial charge in [0, 0.05) is 17.4 Å². The van der Waals surface area contributed by atoms with Crippen LogP contribution in [0.4, 0.5) is 5.69 Å². The van der Waals surface area contributed by atoms with Crippen molar-refractivity contribution in [1.29, 1.82) is 0 Å². The highest BCUT2D eigenvalue weighted by Crippen LogP contribution is 2.32. The number of amides is 1. The van der Waals surface area contributed by atoms with Crippen LogP contribution in [-0.4, -0.2) is 29.1 Å². The second-order valence-corrected chi connectivity index (χ2v) is 4.61. The monoisotopic (exact) mass is 273 g/mol. The van der Waals surface area contributed by atoms with Crippen molar-refractivity contribution >= 4 is 11.6 Å². The first kappa shape index (κ1) is 12.5. The van der Waals surface area contributed by atoms with E-state index in [1.165, 1.54) is 0 Å². The molecule has 20 heavy (non-hydrogen) atoms. The zero-order valence-electron chi connectivity index (χ0n) is 11.3. The number of aromatic nitrogens is 2. The minimum atomic E-state index is -0.247. The van der Waals surface area contributed by atoms with E-state index in [1.54, 1.807) is 18.2 Å². The summed E-state index contributed by atoms with van der Waals surface area (Å²) in [6.45, 7) is 4.69. The highest BCUT2D eigenvalue weighted by Gasteiger charge is 2.16. The largest absolute Gasteiger partial charge is 0.486 e. The van der Waals surface area contributed by atoms with Crippen LogP contribution in [0.15, 0.2) is 18.2 Å². The smallest absolute Gasteiger partial charge is 0.276 e. The molecule has 2 heterocycles. The van der Waals surface area contributed by atoms with Crippen molar-refractivity contribution in [3.8, 4) is 11.5 Å². The Bertz CT molecular complexity index is 664. The van der Waals surface area contributed by atoms with Crippen molar-refractivity contribution in [2.24, 2.45) is 0 Å². The van der Waals surface area contributed by atoms with Crippen molar-refractivity contribution in [2.45, 2.75) is 13.8 Å². The Morgan fingerprint density at radius 3 is 2.70 bits per heavy atom. The first-order valence-corrected chi connectivity index (χ1v) is 6.37. The number of aryl methyl sites for hydroxylation is 2. The van der Waals surface area contributed by atoms with Crippen LogP contribution < -0.4 is 14.8 Å². The van der Waals surface area contributed by atoms with E-state index in [-0.39, 0.29) is 5.91 Å². The number of H-pyrrole nitrogens is 1. The van der Waals surface area contributed by atoms with Crippen molar-refractivity contribution in [3.63, 3.8) is 0 Å². The van der Waals surface area contributed by atoms with Crippen LogP contribution in [0.1, 0.15) is 22.0 Å². The van der Waals surface area contributed by atoms with E-state index >= 15 is 0 Å². The van der Waals surface area contributed by atoms with Gasteiger partial charge in [-0.05, 0) is 26.0 Å². The number of fused-ring (bicyclic) bond motifs is 1. The van der Waals surface area contributed by atoms with Crippen LogP contribution in [0.3, 0.4) is 0 Å². The highest BCUT2D eigenvalue weighted by atomic mass is 16.6. The number of ether oxygens (including phenoxy) is 2. The van der Waals surface area contributed by atoms with Crippen molar-refractivity contribution in [2.75, 3.05) is 18.5 Å². The molecule has 1 aromatic carbocycles. The van der Waals surface area contributed by atoms with Crippen LogP contribution in [-0.2, 0) is 0 Å². The Morgan fingerprint density at radius 1 is 1.25 bits per heavy atom. The zero-order chi connectivity index (χ0) is 14.1. The van der Waals surface area contributed by atoms with Crippen molar-refractivity contribution in [3.05, 3.63) is 35.4 Å². The maximum Gasteiger partial charge on any atom is 0.276 e. The summed E-state index contributed by atoms with van der Waals surface area (Å²) in [6.07, 6.45) is 0. The van der Waals surface area contributed by atoms with Crippen LogP contribution >= 0.6 is 0 Å². The van der Waals surface area contributed by atoms with Gasteiger partial charge < -0.3 is 19.8 Å². The van der Waals surface area contributed by atoms with E-state index in [4.69, 9.17) is 9.47 Å². The number of carbonyl (C=O) groups excluding carboxylic acids is 1. The van der Waals surface area contributed by atoms with Gasteiger partial charge in [0.15, 0.2) is 11.5 Å². The average molecular weight is 273 g/mol.